The molecule has 18 heavy (non-hydrogen) atoms. The third-order valence-electron chi connectivity index (χ3n) is 2.96. The minimum absolute atomic E-state index is 0.0156. The number of carbonyl (C=O) groups excluding carboxylic acids is 1. The molecule has 0 saturated carbocycles. The van der Waals surface area contributed by atoms with E-state index in [2.05, 4.69) is 11.8 Å². The van der Waals surface area contributed by atoms with Crippen LogP contribution in [-0.4, -0.2) is 43.7 Å². The molecule has 1 atom stereocenters. The summed E-state index contributed by atoms with van der Waals surface area (Å²) in [5, 5.41) is 1.88. The van der Waals surface area contributed by atoms with Gasteiger partial charge in [-0.05, 0) is 17.9 Å². The van der Waals surface area contributed by atoms with Crippen molar-refractivity contribution in [1.82, 2.24) is 4.90 Å². The Hall–Kier alpha value is -1.35. The van der Waals surface area contributed by atoms with E-state index in [-0.39, 0.29) is 11.9 Å². The molecule has 1 unspecified atom stereocenters. The van der Waals surface area contributed by atoms with E-state index in [1.165, 1.54) is 11.3 Å². The number of nitrogens with two attached hydrogens (primary N) is 1. The first-order valence-corrected chi connectivity index (χ1v) is 6.73. The third-order valence-corrected chi connectivity index (χ3v) is 3.86. The van der Waals surface area contributed by atoms with Gasteiger partial charge in [-0.25, -0.2) is 0 Å². The maximum atomic E-state index is 12.4. The van der Waals surface area contributed by atoms with Crippen LogP contribution in [0.2, 0.25) is 0 Å². The lowest BCUT2D eigenvalue weighted by atomic mass is 10.2. The van der Waals surface area contributed by atoms with E-state index < -0.39 is 0 Å². The molecule has 4 nitrogen and oxygen atoms in total. The van der Waals surface area contributed by atoms with Gasteiger partial charge in [-0.1, -0.05) is 11.8 Å². The van der Waals surface area contributed by atoms with Crippen molar-refractivity contribution in [3.05, 3.63) is 21.9 Å². The zero-order valence-corrected chi connectivity index (χ0v) is 11.1. The Bertz CT molecular complexity index is 481. The standard InChI is InChI=1S/C13H16N2O2S/c1-15(11-4-7-17-9-11)13(16)12-10(3-2-6-14)5-8-18-12/h5,8,11H,4,6-7,9,14H2,1H3. The Balaban J connectivity index is 2.15. The van der Waals surface area contributed by atoms with Gasteiger partial charge in [0.1, 0.15) is 4.88 Å². The zero-order chi connectivity index (χ0) is 13.0. The summed E-state index contributed by atoms with van der Waals surface area (Å²) in [4.78, 5) is 14.8. The first-order chi connectivity index (χ1) is 8.74. The first-order valence-electron chi connectivity index (χ1n) is 5.85. The highest BCUT2D eigenvalue weighted by molar-refractivity contribution is 7.12. The summed E-state index contributed by atoms with van der Waals surface area (Å²) in [5.41, 5.74) is 6.11. The fourth-order valence-corrected chi connectivity index (χ4v) is 2.70. The van der Waals surface area contributed by atoms with Crippen LogP contribution in [0.25, 0.3) is 0 Å². The van der Waals surface area contributed by atoms with Crippen molar-refractivity contribution in [1.29, 1.82) is 0 Å². The van der Waals surface area contributed by atoms with Gasteiger partial charge in [0, 0.05) is 19.2 Å². The number of thiophene rings is 1. The highest BCUT2D eigenvalue weighted by atomic mass is 32.1. The molecule has 0 aliphatic carbocycles. The third kappa shape index (κ3) is 2.72. The molecule has 1 fully saturated rings. The number of rotatable bonds is 2. The quantitative estimate of drug-likeness (QED) is 0.808. The minimum atomic E-state index is 0.0156. The SMILES string of the molecule is CN(C(=O)c1sccc1C#CCN)C1CCOC1. The molecule has 0 bridgehead atoms. The number of nitrogens with zero attached hydrogens (tertiary/aromatic N) is 1. The van der Waals surface area contributed by atoms with Crippen LogP contribution in [0.3, 0.4) is 0 Å². The van der Waals surface area contributed by atoms with Gasteiger partial charge >= 0.3 is 0 Å². The lowest BCUT2D eigenvalue weighted by Crippen LogP contribution is -2.37. The number of ether oxygens (including phenoxy) is 1. The fraction of sp³-hybridized carbons (Fsp3) is 0.462. The van der Waals surface area contributed by atoms with Crippen molar-refractivity contribution in [2.75, 3.05) is 26.8 Å². The van der Waals surface area contributed by atoms with E-state index in [1.54, 1.807) is 4.90 Å². The van der Waals surface area contributed by atoms with Gasteiger partial charge < -0.3 is 15.4 Å². The predicted octanol–water partition coefficient (Wildman–Crippen LogP) is 0.919. The lowest BCUT2D eigenvalue weighted by Gasteiger charge is -2.22. The van der Waals surface area contributed by atoms with Gasteiger partial charge in [0.25, 0.3) is 5.91 Å². The van der Waals surface area contributed by atoms with Crippen LogP contribution in [0.5, 0.6) is 0 Å². The Morgan fingerprint density at radius 1 is 1.72 bits per heavy atom. The molecule has 1 aromatic rings. The molecule has 1 aliphatic rings. The summed E-state index contributed by atoms with van der Waals surface area (Å²) in [6.45, 7) is 1.65. The Morgan fingerprint density at radius 3 is 3.22 bits per heavy atom. The van der Waals surface area contributed by atoms with Gasteiger partial charge in [-0.2, -0.15) is 0 Å². The monoisotopic (exact) mass is 264 g/mol. The van der Waals surface area contributed by atoms with E-state index >= 15 is 0 Å². The largest absolute Gasteiger partial charge is 0.379 e. The molecule has 2 N–H and O–H groups in total. The maximum absolute atomic E-state index is 12.4. The molecule has 0 radical (unpaired) electrons. The van der Waals surface area contributed by atoms with E-state index in [4.69, 9.17) is 10.5 Å². The highest BCUT2D eigenvalue weighted by Gasteiger charge is 2.26. The van der Waals surface area contributed by atoms with Crippen LogP contribution >= 0.6 is 11.3 Å². The van der Waals surface area contributed by atoms with Gasteiger partial charge in [-0.15, -0.1) is 11.3 Å². The number of carbonyl (C=O) groups is 1. The van der Waals surface area contributed by atoms with Crippen LogP contribution in [0.1, 0.15) is 21.7 Å². The molecule has 5 heteroatoms. The van der Waals surface area contributed by atoms with Crippen molar-refractivity contribution in [3.63, 3.8) is 0 Å². The van der Waals surface area contributed by atoms with Crippen LogP contribution in [-0.2, 0) is 4.74 Å². The Morgan fingerprint density at radius 2 is 2.56 bits per heavy atom. The molecule has 1 amide bonds. The van der Waals surface area contributed by atoms with Crippen LogP contribution in [0.4, 0.5) is 0 Å². The molecule has 2 rings (SSSR count). The van der Waals surface area contributed by atoms with Crippen molar-refractivity contribution >= 4 is 17.2 Å². The summed E-state index contributed by atoms with van der Waals surface area (Å²) in [5.74, 6) is 5.73. The van der Waals surface area contributed by atoms with E-state index in [9.17, 15) is 4.79 Å². The Kier molecular flexibility index (Phi) is 4.37. The van der Waals surface area contributed by atoms with E-state index in [0.29, 0.717) is 18.0 Å². The van der Waals surface area contributed by atoms with E-state index in [0.717, 1.165) is 18.6 Å². The smallest absolute Gasteiger partial charge is 0.265 e. The molecular formula is C13H16N2O2S. The Labute approximate surface area is 111 Å². The van der Waals surface area contributed by atoms with Gasteiger partial charge in [-0.3, -0.25) is 4.79 Å². The first kappa shape index (κ1) is 13.1. The average molecular weight is 264 g/mol. The minimum Gasteiger partial charge on any atom is -0.379 e. The summed E-state index contributed by atoms with van der Waals surface area (Å²) >= 11 is 1.42. The normalized spacial score (nSPS) is 18.2. The zero-order valence-electron chi connectivity index (χ0n) is 10.3. The summed E-state index contributed by atoms with van der Waals surface area (Å²) in [7, 11) is 1.82. The van der Waals surface area contributed by atoms with Gasteiger partial charge in [0.15, 0.2) is 0 Å². The molecule has 2 heterocycles. The highest BCUT2D eigenvalue weighted by Crippen LogP contribution is 2.20. The van der Waals surface area contributed by atoms with E-state index in [1.807, 2.05) is 18.5 Å². The van der Waals surface area contributed by atoms with Crippen molar-refractivity contribution < 1.29 is 9.53 Å². The van der Waals surface area contributed by atoms with Crippen LogP contribution in [0, 0.1) is 11.8 Å². The number of hydrogen-bond donors (Lipinski definition) is 1. The summed E-state index contributed by atoms with van der Waals surface area (Å²) < 4.78 is 5.31. The van der Waals surface area contributed by atoms with Crippen molar-refractivity contribution in [3.8, 4) is 11.8 Å². The number of hydrogen-bond acceptors (Lipinski definition) is 4. The van der Waals surface area contributed by atoms with Gasteiger partial charge in [0.05, 0.1) is 19.2 Å². The molecule has 1 saturated heterocycles. The molecule has 0 spiro atoms. The average Bonchev–Trinajstić information content (AvgIpc) is 3.05. The topological polar surface area (TPSA) is 55.6 Å². The molecule has 1 aromatic heterocycles. The second-order valence-corrected chi connectivity index (χ2v) is 5.02. The maximum Gasteiger partial charge on any atom is 0.265 e. The van der Waals surface area contributed by atoms with Crippen LogP contribution in [0.15, 0.2) is 11.4 Å². The second kappa shape index (κ2) is 6.01. The fourth-order valence-electron chi connectivity index (χ4n) is 1.87. The summed E-state index contributed by atoms with van der Waals surface area (Å²) in [6, 6.07) is 2.04. The molecular weight excluding hydrogens is 248 g/mol. The lowest BCUT2D eigenvalue weighted by molar-refractivity contribution is 0.0716. The predicted molar refractivity (Wildman–Crippen MR) is 71.6 cm³/mol. The van der Waals surface area contributed by atoms with Gasteiger partial charge in [0.2, 0.25) is 0 Å². The number of likely N-dealkylation sites (N-methyl/N-ethyl adjacent to an activating group) is 1. The second-order valence-electron chi connectivity index (χ2n) is 4.10. The molecule has 96 valence electrons. The van der Waals surface area contributed by atoms with Crippen molar-refractivity contribution in [2.24, 2.45) is 5.73 Å². The molecule has 0 aromatic carbocycles. The molecule has 1 aliphatic heterocycles. The van der Waals surface area contributed by atoms with Crippen molar-refractivity contribution in [2.45, 2.75) is 12.5 Å². The number of amides is 1. The van der Waals surface area contributed by atoms with Crippen LogP contribution < -0.4 is 5.73 Å². The summed E-state index contributed by atoms with van der Waals surface area (Å²) in [6.07, 6.45) is 0.900.